The number of hydrogen-bond donors (Lipinski definition) is 2. The van der Waals surface area contributed by atoms with Crippen LogP contribution in [0.25, 0.3) is 11.4 Å². The Morgan fingerprint density at radius 2 is 1.73 bits per heavy atom. The van der Waals surface area contributed by atoms with Crippen LogP contribution in [-0.4, -0.2) is 112 Å². The molecule has 2 N–H and O–H groups in total. The molecule has 49 heavy (non-hydrogen) atoms. The van der Waals surface area contributed by atoms with Gasteiger partial charge in [-0.3, -0.25) is 4.90 Å². The summed E-state index contributed by atoms with van der Waals surface area (Å²) in [6.07, 6.45) is 8.48. The summed E-state index contributed by atoms with van der Waals surface area (Å²) in [7, 11) is 0.209. The monoisotopic (exact) mass is 683 g/mol. The van der Waals surface area contributed by atoms with E-state index in [4.69, 9.17) is 4.74 Å². The number of piperazine rings is 1. The molecule has 3 aliphatic rings. The highest BCUT2D eigenvalue weighted by Gasteiger charge is 2.38. The van der Waals surface area contributed by atoms with E-state index >= 15 is 0 Å². The fourth-order valence-corrected chi connectivity index (χ4v) is 7.52. The molecule has 3 aromatic heterocycles. The molecule has 1 saturated carbocycles. The predicted octanol–water partition coefficient (Wildman–Crippen LogP) is 2.90. The molecule has 13 nitrogen and oxygen atoms in total. The number of likely N-dealkylation sites (N-methyl/N-ethyl adjacent to an activating group) is 1. The molecular formula is C35H41N9O4S. The summed E-state index contributed by atoms with van der Waals surface area (Å²) in [4.78, 5) is 20.6. The van der Waals surface area contributed by atoms with Gasteiger partial charge in [0.15, 0.2) is 11.6 Å². The molecule has 3 fully saturated rings. The maximum atomic E-state index is 12.6. The summed E-state index contributed by atoms with van der Waals surface area (Å²) in [6.45, 7) is 6.44. The molecule has 0 spiro atoms. The molecule has 256 valence electrons. The van der Waals surface area contributed by atoms with Gasteiger partial charge in [-0.2, -0.15) is 9.19 Å². The molecule has 7 rings (SSSR count). The maximum Gasteiger partial charge on any atom is 0.256 e. The summed E-state index contributed by atoms with van der Waals surface area (Å²) in [6, 6.07) is 12.1. The lowest BCUT2D eigenvalue weighted by molar-refractivity contribution is -0.196. The highest BCUT2D eigenvalue weighted by atomic mass is 32.2. The zero-order valence-electron chi connectivity index (χ0n) is 27.8. The Bertz CT molecular complexity index is 1950. The lowest BCUT2D eigenvalue weighted by Gasteiger charge is -2.38. The number of ether oxygens (including phenoxy) is 1. The molecule has 0 unspecified atom stereocenters. The second-order valence-electron chi connectivity index (χ2n) is 13.0. The Morgan fingerprint density at radius 1 is 0.980 bits per heavy atom. The van der Waals surface area contributed by atoms with Crippen LogP contribution in [0.15, 0.2) is 61.2 Å². The number of pyridine rings is 1. The first kappa shape index (κ1) is 33.1. The van der Waals surface area contributed by atoms with Gasteiger partial charge in [0.05, 0.1) is 34.5 Å². The number of aromatic nitrogens is 5. The highest BCUT2D eigenvalue weighted by molar-refractivity contribution is 7.90. The van der Waals surface area contributed by atoms with Gasteiger partial charge < -0.3 is 25.0 Å². The van der Waals surface area contributed by atoms with Crippen molar-refractivity contribution in [1.82, 2.24) is 33.9 Å². The van der Waals surface area contributed by atoms with Crippen LogP contribution in [0.2, 0.25) is 0 Å². The molecule has 0 bridgehead atoms. The predicted molar refractivity (Wildman–Crippen MR) is 187 cm³/mol. The van der Waals surface area contributed by atoms with Gasteiger partial charge in [0.2, 0.25) is 0 Å². The summed E-state index contributed by atoms with van der Waals surface area (Å²) < 4.78 is 31.6. The molecule has 4 aromatic rings. The molecule has 1 aromatic carbocycles. The van der Waals surface area contributed by atoms with E-state index in [-0.39, 0.29) is 5.25 Å². The first-order chi connectivity index (χ1) is 23.7. The summed E-state index contributed by atoms with van der Waals surface area (Å²) in [5.41, 5.74) is 4.35. The van der Waals surface area contributed by atoms with Crippen molar-refractivity contribution in [3.05, 3.63) is 77.9 Å². The van der Waals surface area contributed by atoms with Gasteiger partial charge >= 0.3 is 0 Å². The minimum Gasteiger partial charge on any atom is -0.370 e. The van der Waals surface area contributed by atoms with Crippen molar-refractivity contribution in [1.29, 1.82) is 0 Å². The van der Waals surface area contributed by atoms with Crippen LogP contribution in [0.1, 0.15) is 42.4 Å². The average molecular weight is 684 g/mol. The zero-order valence-corrected chi connectivity index (χ0v) is 28.6. The second kappa shape index (κ2) is 13.9. The third-order valence-corrected chi connectivity index (χ3v) is 11.4. The lowest BCUT2D eigenvalue weighted by Crippen LogP contribution is -2.45. The van der Waals surface area contributed by atoms with Gasteiger partial charge in [-0.05, 0) is 43.7 Å². The average Bonchev–Trinajstić information content (AvgIpc) is 3.87. The van der Waals surface area contributed by atoms with Crippen molar-refractivity contribution >= 4 is 27.3 Å². The van der Waals surface area contributed by atoms with Gasteiger partial charge in [-0.15, -0.1) is 0 Å². The van der Waals surface area contributed by atoms with Gasteiger partial charge in [0.25, 0.3) is 10.0 Å². The maximum absolute atomic E-state index is 12.6. The Labute approximate surface area is 287 Å². The number of methoxy groups -OCH3 is 1. The molecular weight excluding hydrogens is 643 g/mol. The first-order valence-electron chi connectivity index (χ1n) is 16.6. The van der Waals surface area contributed by atoms with E-state index in [9.17, 15) is 13.5 Å². The number of anilines is 3. The quantitative estimate of drug-likeness (QED) is 0.198. The van der Waals surface area contributed by atoms with Gasteiger partial charge in [-0.25, -0.2) is 23.4 Å². The van der Waals surface area contributed by atoms with E-state index in [2.05, 4.69) is 83.2 Å². The first-order valence-corrected chi connectivity index (χ1v) is 18.1. The lowest BCUT2D eigenvalue weighted by atomic mass is 10.0. The SMILES string of the molecule is COC1(O)CCN(c2cc(Nc3ccnc(-c4cnn(S(=O)(=O)C5CC5)c4)n3)ncc2C#Cc2ccc(CN3CCN(C)CC3)cc2)CC1. The van der Waals surface area contributed by atoms with E-state index in [0.717, 1.165) is 53.6 Å². The standard InChI is InChI=1S/C35H41N9O4S/c1-41-17-19-42(20-18-41)24-27-5-3-26(4-6-27)7-8-28-22-37-33(21-31(28)43-15-12-35(45,48-2)13-16-43)39-32-11-14-36-34(40-32)29-23-38-44(25-29)49(46,47)30-9-10-30/h3-6,11,14,21-23,25,30,45H,9-10,12-13,15-20,24H2,1-2H3,(H,36,37,39,40). The Hall–Kier alpha value is -4.39. The molecule has 0 atom stereocenters. The Balaban J connectivity index is 1.10. The van der Waals surface area contributed by atoms with Crippen LogP contribution < -0.4 is 10.2 Å². The number of aliphatic hydroxyl groups is 1. The molecule has 0 radical (unpaired) electrons. The van der Waals surface area contributed by atoms with E-state index < -0.39 is 15.8 Å². The minimum absolute atomic E-state index is 0.342. The second-order valence-corrected chi connectivity index (χ2v) is 15.1. The number of benzene rings is 1. The molecule has 2 aliphatic heterocycles. The topological polar surface area (TPSA) is 142 Å². The van der Waals surface area contributed by atoms with Crippen molar-refractivity contribution < 1.29 is 18.3 Å². The summed E-state index contributed by atoms with van der Waals surface area (Å²) in [5.74, 6) is 6.90. The smallest absolute Gasteiger partial charge is 0.256 e. The summed E-state index contributed by atoms with van der Waals surface area (Å²) >= 11 is 0. The zero-order chi connectivity index (χ0) is 34.0. The van der Waals surface area contributed by atoms with E-state index in [0.29, 0.717) is 61.8 Å². The van der Waals surface area contributed by atoms with Gasteiger partial charge in [0, 0.05) is 89.8 Å². The van der Waals surface area contributed by atoms with Crippen LogP contribution >= 0.6 is 0 Å². The number of rotatable bonds is 9. The number of nitrogens with zero attached hydrogens (tertiary/aromatic N) is 8. The third-order valence-electron chi connectivity index (χ3n) is 9.38. The Morgan fingerprint density at radius 3 is 2.45 bits per heavy atom. The van der Waals surface area contributed by atoms with Crippen LogP contribution in [-0.2, 0) is 21.3 Å². The minimum atomic E-state index is -3.49. The summed E-state index contributed by atoms with van der Waals surface area (Å²) in [5, 5.41) is 17.6. The third kappa shape index (κ3) is 7.76. The van der Waals surface area contributed by atoms with Crippen molar-refractivity contribution in [2.75, 3.05) is 63.6 Å². The number of hydrogen-bond acceptors (Lipinski definition) is 12. The van der Waals surface area contributed by atoms with E-state index in [1.54, 1.807) is 18.5 Å². The van der Waals surface area contributed by atoms with E-state index in [1.807, 2.05) is 6.07 Å². The molecule has 14 heteroatoms. The van der Waals surface area contributed by atoms with E-state index in [1.165, 1.54) is 25.1 Å². The van der Waals surface area contributed by atoms with Crippen molar-refractivity contribution in [2.45, 2.75) is 43.3 Å². The van der Waals surface area contributed by atoms with Crippen LogP contribution in [0.4, 0.5) is 17.3 Å². The highest BCUT2D eigenvalue weighted by Crippen LogP contribution is 2.32. The molecule has 5 heterocycles. The van der Waals surface area contributed by atoms with Crippen molar-refractivity contribution in [3.8, 4) is 23.2 Å². The molecule has 0 amide bonds. The number of nitrogens with one attached hydrogen (secondary N) is 1. The fourth-order valence-electron chi connectivity index (χ4n) is 6.05. The van der Waals surface area contributed by atoms with Crippen LogP contribution in [0.5, 0.6) is 0 Å². The van der Waals surface area contributed by atoms with Crippen LogP contribution in [0, 0.1) is 11.8 Å². The molecule has 2 saturated heterocycles. The number of piperidine rings is 1. The van der Waals surface area contributed by atoms with Crippen molar-refractivity contribution in [3.63, 3.8) is 0 Å². The molecule has 1 aliphatic carbocycles. The van der Waals surface area contributed by atoms with Crippen molar-refractivity contribution in [2.24, 2.45) is 0 Å². The normalized spacial score (nSPS) is 18.6. The fraction of sp³-hybridized carbons (Fsp3) is 0.429. The van der Waals surface area contributed by atoms with Gasteiger partial charge in [0.1, 0.15) is 11.6 Å². The Kier molecular flexibility index (Phi) is 9.36. The van der Waals surface area contributed by atoms with Crippen LogP contribution in [0.3, 0.4) is 0 Å². The van der Waals surface area contributed by atoms with Gasteiger partial charge in [-0.1, -0.05) is 24.0 Å². The largest absolute Gasteiger partial charge is 0.370 e.